The van der Waals surface area contributed by atoms with Crippen LogP contribution < -0.4 is 4.74 Å². The molecule has 0 N–H and O–H groups in total. The lowest BCUT2D eigenvalue weighted by atomic mass is 10.1. The SMILES string of the molecule is COc1ccc(Cl)c(C=CCC(N=C=O)C(=O)OC(C)(C)C)c1. The van der Waals surface area contributed by atoms with Gasteiger partial charge in [0, 0.05) is 5.02 Å². The molecule has 0 spiro atoms. The van der Waals surface area contributed by atoms with Gasteiger partial charge in [0.2, 0.25) is 6.08 Å². The molecule has 1 atom stereocenters. The van der Waals surface area contributed by atoms with Crippen LogP contribution in [0.4, 0.5) is 0 Å². The minimum atomic E-state index is -0.924. The van der Waals surface area contributed by atoms with E-state index in [9.17, 15) is 9.59 Å². The van der Waals surface area contributed by atoms with Gasteiger partial charge >= 0.3 is 5.97 Å². The van der Waals surface area contributed by atoms with Crippen LogP contribution in [-0.4, -0.2) is 30.8 Å². The predicted molar refractivity (Wildman–Crippen MR) is 89.4 cm³/mol. The molecule has 0 aliphatic rings. The Labute approximate surface area is 141 Å². The van der Waals surface area contributed by atoms with E-state index >= 15 is 0 Å². The number of isocyanates is 1. The highest BCUT2D eigenvalue weighted by Gasteiger charge is 2.23. The molecule has 0 amide bonds. The summed E-state index contributed by atoms with van der Waals surface area (Å²) in [4.78, 5) is 26.0. The number of benzene rings is 1. The molecule has 0 fully saturated rings. The van der Waals surface area contributed by atoms with Crippen LogP contribution in [0.5, 0.6) is 5.75 Å². The average molecular weight is 338 g/mol. The van der Waals surface area contributed by atoms with Gasteiger partial charge in [-0.15, -0.1) is 0 Å². The Morgan fingerprint density at radius 3 is 2.70 bits per heavy atom. The van der Waals surface area contributed by atoms with Crippen molar-refractivity contribution in [2.24, 2.45) is 4.99 Å². The minimum Gasteiger partial charge on any atom is -0.497 e. The lowest BCUT2D eigenvalue weighted by Gasteiger charge is -2.21. The molecule has 0 aliphatic carbocycles. The Hall–Kier alpha value is -2.10. The lowest BCUT2D eigenvalue weighted by Crippen LogP contribution is -2.30. The van der Waals surface area contributed by atoms with Gasteiger partial charge in [-0.3, -0.25) is 0 Å². The molecule has 0 heterocycles. The van der Waals surface area contributed by atoms with Gasteiger partial charge in [-0.1, -0.05) is 23.8 Å². The van der Waals surface area contributed by atoms with E-state index in [1.54, 1.807) is 58.2 Å². The van der Waals surface area contributed by atoms with Gasteiger partial charge in [-0.2, -0.15) is 4.99 Å². The lowest BCUT2D eigenvalue weighted by molar-refractivity contribution is -0.156. The normalized spacial score (nSPS) is 12.6. The van der Waals surface area contributed by atoms with Crippen LogP contribution in [0.1, 0.15) is 32.8 Å². The quantitative estimate of drug-likeness (QED) is 0.450. The zero-order valence-electron chi connectivity index (χ0n) is 13.6. The second kappa shape index (κ2) is 8.51. The van der Waals surface area contributed by atoms with E-state index in [2.05, 4.69) is 4.99 Å². The summed E-state index contributed by atoms with van der Waals surface area (Å²) in [5.74, 6) is 0.103. The maximum absolute atomic E-state index is 12.0. The van der Waals surface area contributed by atoms with Crippen molar-refractivity contribution in [1.29, 1.82) is 0 Å². The number of nitrogens with zero attached hydrogens (tertiary/aromatic N) is 1. The Morgan fingerprint density at radius 1 is 1.43 bits per heavy atom. The van der Waals surface area contributed by atoms with Gasteiger partial charge in [0.25, 0.3) is 0 Å². The smallest absolute Gasteiger partial charge is 0.332 e. The van der Waals surface area contributed by atoms with Crippen LogP contribution >= 0.6 is 11.6 Å². The number of hydrogen-bond acceptors (Lipinski definition) is 5. The summed E-state index contributed by atoms with van der Waals surface area (Å²) in [6, 6.07) is 4.31. The van der Waals surface area contributed by atoms with Crippen molar-refractivity contribution in [3.8, 4) is 5.75 Å². The van der Waals surface area contributed by atoms with Gasteiger partial charge in [0.1, 0.15) is 11.4 Å². The first-order valence-electron chi connectivity index (χ1n) is 7.06. The Kier molecular flexibility index (Phi) is 7.01. The van der Waals surface area contributed by atoms with Gasteiger partial charge in [-0.25, -0.2) is 9.59 Å². The first-order valence-corrected chi connectivity index (χ1v) is 7.44. The molecule has 5 nitrogen and oxygen atoms in total. The van der Waals surface area contributed by atoms with E-state index in [1.807, 2.05) is 0 Å². The molecule has 0 radical (unpaired) electrons. The number of hydrogen-bond donors (Lipinski definition) is 0. The van der Waals surface area contributed by atoms with Crippen molar-refractivity contribution in [3.63, 3.8) is 0 Å². The van der Waals surface area contributed by atoms with Crippen LogP contribution in [0.2, 0.25) is 5.02 Å². The van der Waals surface area contributed by atoms with Crippen molar-refractivity contribution >= 4 is 29.7 Å². The van der Waals surface area contributed by atoms with E-state index in [-0.39, 0.29) is 6.42 Å². The van der Waals surface area contributed by atoms with Gasteiger partial charge in [-0.05, 0) is 51.0 Å². The first-order chi connectivity index (χ1) is 10.8. The molecule has 1 aromatic carbocycles. The summed E-state index contributed by atoms with van der Waals surface area (Å²) in [5.41, 5.74) is 0.0946. The van der Waals surface area contributed by atoms with Gasteiger partial charge in [0.15, 0.2) is 6.04 Å². The van der Waals surface area contributed by atoms with E-state index in [0.29, 0.717) is 10.8 Å². The molecular weight excluding hydrogens is 318 g/mol. The fraction of sp³-hybridized carbons (Fsp3) is 0.412. The highest BCUT2D eigenvalue weighted by Crippen LogP contribution is 2.23. The molecule has 0 aromatic heterocycles. The van der Waals surface area contributed by atoms with Crippen molar-refractivity contribution in [3.05, 3.63) is 34.9 Å². The summed E-state index contributed by atoms with van der Waals surface area (Å²) >= 11 is 6.10. The molecule has 1 unspecified atom stereocenters. The summed E-state index contributed by atoms with van der Waals surface area (Å²) in [5, 5.41) is 0.551. The molecule has 0 bridgehead atoms. The van der Waals surface area contributed by atoms with E-state index in [4.69, 9.17) is 21.1 Å². The number of carbonyl (C=O) groups excluding carboxylic acids is 2. The highest BCUT2D eigenvalue weighted by molar-refractivity contribution is 6.32. The maximum Gasteiger partial charge on any atom is 0.332 e. The number of esters is 1. The standard InChI is InChI=1S/C17H20ClNO4/c1-17(2,3)23-16(21)15(19-11-20)7-5-6-12-10-13(22-4)8-9-14(12)18/h5-6,8-10,15H,7H2,1-4H3. The van der Waals surface area contributed by atoms with E-state index in [0.717, 1.165) is 5.56 Å². The minimum absolute atomic E-state index is 0.206. The summed E-state index contributed by atoms with van der Waals surface area (Å²) in [6.07, 6.45) is 5.06. The molecule has 23 heavy (non-hydrogen) atoms. The number of carbonyl (C=O) groups is 1. The Balaban J connectivity index is 2.83. The molecule has 0 saturated carbocycles. The molecule has 6 heteroatoms. The molecule has 0 aliphatic heterocycles. The summed E-state index contributed by atoms with van der Waals surface area (Å²) in [7, 11) is 1.56. The summed E-state index contributed by atoms with van der Waals surface area (Å²) < 4.78 is 10.4. The van der Waals surface area contributed by atoms with Crippen molar-refractivity contribution in [2.75, 3.05) is 7.11 Å². The van der Waals surface area contributed by atoms with Crippen LogP contribution in [0, 0.1) is 0 Å². The molecule has 0 saturated heterocycles. The topological polar surface area (TPSA) is 65.0 Å². The third-order valence-corrected chi connectivity index (χ3v) is 3.09. The Morgan fingerprint density at radius 2 is 2.13 bits per heavy atom. The number of halogens is 1. The molecular formula is C17H20ClNO4. The zero-order valence-corrected chi connectivity index (χ0v) is 14.4. The molecule has 124 valence electrons. The van der Waals surface area contributed by atoms with Crippen LogP contribution in [0.25, 0.3) is 6.08 Å². The number of rotatable bonds is 6. The van der Waals surface area contributed by atoms with Crippen molar-refractivity contribution in [1.82, 2.24) is 0 Å². The first kappa shape index (κ1) is 18.9. The molecule has 1 aromatic rings. The highest BCUT2D eigenvalue weighted by atomic mass is 35.5. The monoisotopic (exact) mass is 337 g/mol. The number of methoxy groups -OCH3 is 1. The zero-order chi connectivity index (χ0) is 17.5. The van der Waals surface area contributed by atoms with E-state index in [1.165, 1.54) is 6.08 Å². The second-order valence-corrected chi connectivity index (χ2v) is 6.20. The van der Waals surface area contributed by atoms with E-state index < -0.39 is 17.6 Å². The maximum atomic E-state index is 12.0. The summed E-state index contributed by atoms with van der Waals surface area (Å²) in [6.45, 7) is 5.25. The fourth-order valence-electron chi connectivity index (χ4n) is 1.74. The average Bonchev–Trinajstić information content (AvgIpc) is 2.46. The van der Waals surface area contributed by atoms with Crippen molar-refractivity contribution < 1.29 is 19.1 Å². The predicted octanol–water partition coefficient (Wildman–Crippen LogP) is 3.80. The van der Waals surface area contributed by atoms with Crippen LogP contribution in [0.15, 0.2) is 29.3 Å². The van der Waals surface area contributed by atoms with Crippen LogP contribution in [0.3, 0.4) is 0 Å². The van der Waals surface area contributed by atoms with Gasteiger partial charge in [0.05, 0.1) is 7.11 Å². The van der Waals surface area contributed by atoms with Gasteiger partial charge < -0.3 is 9.47 Å². The third kappa shape index (κ3) is 6.68. The second-order valence-electron chi connectivity index (χ2n) is 5.80. The largest absolute Gasteiger partial charge is 0.497 e. The number of ether oxygens (including phenoxy) is 2. The van der Waals surface area contributed by atoms with Crippen molar-refractivity contribution in [2.45, 2.75) is 38.8 Å². The number of aliphatic imine (C=N–C) groups is 1. The van der Waals surface area contributed by atoms with Crippen LogP contribution in [-0.2, 0) is 14.3 Å². The fourth-order valence-corrected chi connectivity index (χ4v) is 1.92. The third-order valence-electron chi connectivity index (χ3n) is 2.75. The molecule has 1 rings (SSSR count). The Bertz CT molecular complexity index is 628.